The van der Waals surface area contributed by atoms with E-state index in [0.29, 0.717) is 34.1 Å². The summed E-state index contributed by atoms with van der Waals surface area (Å²) in [5.41, 5.74) is 2.57. The number of carbonyl (C=O) groups excluding carboxylic acids is 1. The molecule has 176 valence electrons. The minimum Gasteiger partial charge on any atom is -0.496 e. The fourth-order valence-electron chi connectivity index (χ4n) is 3.36. The van der Waals surface area contributed by atoms with Crippen LogP contribution >= 0.6 is 0 Å². The number of nitro benzene ring substituents is 1. The van der Waals surface area contributed by atoms with Gasteiger partial charge in [-0.1, -0.05) is 12.1 Å². The molecular weight excluding hydrogens is 438 g/mol. The Bertz CT molecular complexity index is 1230. The third-order valence-corrected chi connectivity index (χ3v) is 5.16. The zero-order valence-corrected chi connectivity index (χ0v) is 19.4. The van der Waals surface area contributed by atoms with Crippen LogP contribution in [0.1, 0.15) is 27.0 Å². The third kappa shape index (κ3) is 5.72. The normalized spacial score (nSPS) is 10.7. The first kappa shape index (κ1) is 24.3. The minimum absolute atomic E-state index is 0.0382. The van der Waals surface area contributed by atoms with Gasteiger partial charge in [-0.2, -0.15) is 0 Å². The molecule has 0 aliphatic heterocycles. The average molecular weight is 463 g/mol. The van der Waals surface area contributed by atoms with Crippen molar-refractivity contribution in [3.63, 3.8) is 0 Å². The van der Waals surface area contributed by atoms with Gasteiger partial charge in [-0.3, -0.25) is 14.9 Å². The maximum absolute atomic E-state index is 12.6. The largest absolute Gasteiger partial charge is 0.496 e. The van der Waals surface area contributed by atoms with Crippen LogP contribution in [0.4, 0.5) is 5.69 Å². The first-order valence-electron chi connectivity index (χ1n) is 10.4. The van der Waals surface area contributed by atoms with Gasteiger partial charge in [0.2, 0.25) is 0 Å². The van der Waals surface area contributed by atoms with E-state index in [1.165, 1.54) is 26.4 Å². The van der Waals surface area contributed by atoms with Gasteiger partial charge in [-0.25, -0.2) is 0 Å². The molecule has 8 heteroatoms. The zero-order chi connectivity index (χ0) is 24.7. The first-order chi connectivity index (χ1) is 16.4. The van der Waals surface area contributed by atoms with Crippen LogP contribution in [0, 0.1) is 17.0 Å². The van der Waals surface area contributed by atoms with Crippen LogP contribution in [-0.2, 0) is 6.61 Å². The maximum atomic E-state index is 12.6. The molecule has 0 radical (unpaired) electrons. The lowest BCUT2D eigenvalue weighted by molar-refractivity contribution is -0.385. The molecular formula is C26H25NO7. The Morgan fingerprint density at radius 1 is 0.912 bits per heavy atom. The summed E-state index contributed by atoms with van der Waals surface area (Å²) in [6, 6.07) is 15.1. The van der Waals surface area contributed by atoms with Crippen LogP contribution in [0.3, 0.4) is 0 Å². The zero-order valence-electron chi connectivity index (χ0n) is 19.4. The Balaban J connectivity index is 1.76. The number of nitro groups is 1. The highest BCUT2D eigenvalue weighted by atomic mass is 16.6. The van der Waals surface area contributed by atoms with Gasteiger partial charge >= 0.3 is 0 Å². The number of carbonyl (C=O) groups is 1. The van der Waals surface area contributed by atoms with Gasteiger partial charge < -0.3 is 18.9 Å². The highest BCUT2D eigenvalue weighted by molar-refractivity contribution is 6.07. The van der Waals surface area contributed by atoms with E-state index in [9.17, 15) is 14.9 Å². The Morgan fingerprint density at radius 3 is 2.26 bits per heavy atom. The Hall–Kier alpha value is -4.33. The second kappa shape index (κ2) is 11.0. The lowest BCUT2D eigenvalue weighted by Gasteiger charge is -2.12. The van der Waals surface area contributed by atoms with E-state index >= 15 is 0 Å². The number of ether oxygens (including phenoxy) is 4. The van der Waals surface area contributed by atoms with E-state index in [2.05, 4.69) is 0 Å². The van der Waals surface area contributed by atoms with Gasteiger partial charge in [0.1, 0.15) is 18.1 Å². The molecule has 0 saturated heterocycles. The van der Waals surface area contributed by atoms with Crippen molar-refractivity contribution in [3.05, 3.63) is 93.0 Å². The van der Waals surface area contributed by atoms with Crippen LogP contribution in [0.2, 0.25) is 0 Å². The third-order valence-electron chi connectivity index (χ3n) is 5.16. The number of hydrogen-bond donors (Lipinski definition) is 0. The number of ketones is 1. The Labute approximate surface area is 197 Å². The molecule has 0 atom stereocenters. The van der Waals surface area contributed by atoms with Gasteiger partial charge in [-0.15, -0.1) is 0 Å². The van der Waals surface area contributed by atoms with Crippen LogP contribution in [-0.4, -0.2) is 32.0 Å². The molecule has 0 unspecified atom stereocenters. The molecule has 3 rings (SSSR count). The topological polar surface area (TPSA) is 97.1 Å². The monoisotopic (exact) mass is 463 g/mol. The van der Waals surface area contributed by atoms with E-state index in [1.54, 1.807) is 56.5 Å². The number of rotatable bonds is 10. The van der Waals surface area contributed by atoms with E-state index in [4.69, 9.17) is 18.9 Å². The molecule has 8 nitrogen and oxygen atoms in total. The number of nitrogens with zero attached hydrogens (tertiary/aromatic N) is 1. The van der Waals surface area contributed by atoms with Crippen molar-refractivity contribution in [3.8, 4) is 23.0 Å². The molecule has 3 aromatic rings. The second-order valence-corrected chi connectivity index (χ2v) is 7.33. The minimum atomic E-state index is -0.429. The van der Waals surface area contributed by atoms with Crippen molar-refractivity contribution in [2.24, 2.45) is 0 Å². The molecule has 0 spiro atoms. The summed E-state index contributed by atoms with van der Waals surface area (Å²) in [5.74, 6) is 1.98. The SMILES string of the molecule is COc1ccc(/C=C/C(=O)c2ccc(OC)c(OC)c2)cc1COc1ccc([N+](=O)[O-])c(C)c1. The summed E-state index contributed by atoms with van der Waals surface area (Å²) in [4.78, 5) is 23.2. The molecule has 0 aliphatic rings. The standard InChI is InChI=1S/C26H25NO7/c1-17-13-21(8-9-22(17)27(29)30)34-16-20-14-18(6-11-24(20)31-2)5-10-23(28)19-7-12-25(32-3)26(15-19)33-4/h5-15H,16H2,1-4H3/b10-5+. The predicted octanol–water partition coefficient (Wildman–Crippen LogP) is 5.40. The molecule has 3 aromatic carbocycles. The average Bonchev–Trinajstić information content (AvgIpc) is 2.85. The number of allylic oxidation sites excluding steroid dienone is 1. The van der Waals surface area contributed by atoms with Crippen molar-refractivity contribution < 1.29 is 28.7 Å². The number of methoxy groups -OCH3 is 3. The van der Waals surface area contributed by atoms with Crippen molar-refractivity contribution >= 4 is 17.5 Å². The predicted molar refractivity (Wildman–Crippen MR) is 128 cm³/mol. The number of benzene rings is 3. The van der Waals surface area contributed by atoms with Crippen LogP contribution in [0.15, 0.2) is 60.7 Å². The maximum Gasteiger partial charge on any atom is 0.272 e. The molecule has 0 amide bonds. The van der Waals surface area contributed by atoms with E-state index in [0.717, 1.165) is 11.1 Å². The van der Waals surface area contributed by atoms with Crippen molar-refractivity contribution in [1.82, 2.24) is 0 Å². The molecule has 0 N–H and O–H groups in total. The van der Waals surface area contributed by atoms with Crippen LogP contribution in [0.25, 0.3) is 6.08 Å². The van der Waals surface area contributed by atoms with Gasteiger partial charge in [-0.05, 0) is 61.0 Å². The lowest BCUT2D eigenvalue weighted by Crippen LogP contribution is -2.00. The first-order valence-corrected chi connectivity index (χ1v) is 10.4. The summed E-state index contributed by atoms with van der Waals surface area (Å²) in [7, 11) is 4.61. The quantitative estimate of drug-likeness (QED) is 0.172. The highest BCUT2D eigenvalue weighted by Crippen LogP contribution is 2.29. The molecule has 0 heterocycles. The van der Waals surface area contributed by atoms with Gasteiger partial charge in [0.15, 0.2) is 17.3 Å². The van der Waals surface area contributed by atoms with E-state index in [1.807, 2.05) is 12.1 Å². The van der Waals surface area contributed by atoms with Gasteiger partial charge in [0.25, 0.3) is 5.69 Å². The Kier molecular flexibility index (Phi) is 7.87. The molecule has 0 aromatic heterocycles. The highest BCUT2D eigenvalue weighted by Gasteiger charge is 2.12. The number of hydrogen-bond acceptors (Lipinski definition) is 7. The second-order valence-electron chi connectivity index (χ2n) is 7.33. The van der Waals surface area contributed by atoms with Crippen LogP contribution < -0.4 is 18.9 Å². The summed E-state index contributed by atoms with van der Waals surface area (Å²) in [5, 5.41) is 11.0. The van der Waals surface area contributed by atoms with Gasteiger partial charge in [0, 0.05) is 22.8 Å². The lowest BCUT2D eigenvalue weighted by atomic mass is 10.1. The van der Waals surface area contributed by atoms with Gasteiger partial charge in [0.05, 0.1) is 26.3 Å². The smallest absolute Gasteiger partial charge is 0.272 e. The van der Waals surface area contributed by atoms with Crippen molar-refractivity contribution in [2.75, 3.05) is 21.3 Å². The molecule has 0 bridgehead atoms. The molecule has 0 fully saturated rings. The summed E-state index contributed by atoms with van der Waals surface area (Å²) < 4.78 is 21.7. The molecule has 0 aliphatic carbocycles. The van der Waals surface area contributed by atoms with Crippen molar-refractivity contribution in [1.29, 1.82) is 0 Å². The summed E-state index contributed by atoms with van der Waals surface area (Å²) >= 11 is 0. The summed E-state index contributed by atoms with van der Waals surface area (Å²) in [6.45, 7) is 1.85. The van der Waals surface area contributed by atoms with Crippen LogP contribution in [0.5, 0.6) is 23.0 Å². The number of aryl methyl sites for hydroxylation is 1. The molecule has 0 saturated carbocycles. The molecule has 34 heavy (non-hydrogen) atoms. The Morgan fingerprint density at radius 2 is 1.62 bits per heavy atom. The van der Waals surface area contributed by atoms with Crippen molar-refractivity contribution in [2.45, 2.75) is 13.5 Å². The van der Waals surface area contributed by atoms with E-state index in [-0.39, 0.29) is 18.1 Å². The fraction of sp³-hybridized carbons (Fsp3) is 0.192. The fourth-order valence-corrected chi connectivity index (χ4v) is 3.36. The summed E-state index contributed by atoms with van der Waals surface area (Å²) in [6.07, 6.45) is 3.19. The van der Waals surface area contributed by atoms with E-state index < -0.39 is 4.92 Å².